The molecule has 0 fully saturated rings. The Kier molecular flexibility index (Phi) is 3.72. The molecule has 0 spiro atoms. The summed E-state index contributed by atoms with van der Waals surface area (Å²) in [5.41, 5.74) is 0. The molecule has 0 aliphatic heterocycles. The molecule has 0 radical (unpaired) electrons. The van der Waals surface area contributed by atoms with Crippen molar-refractivity contribution in [3.63, 3.8) is 0 Å². The third kappa shape index (κ3) is 2.19. The van der Waals surface area contributed by atoms with E-state index in [9.17, 15) is 4.79 Å². The molecule has 2 atom stereocenters. The van der Waals surface area contributed by atoms with Gasteiger partial charge in [0, 0.05) is 5.92 Å². The summed E-state index contributed by atoms with van der Waals surface area (Å²) in [4.78, 5) is 10.6. The molecule has 0 unspecified atom stereocenters. The molecule has 58 valence electrons. The number of rotatable bonds is 3. The third-order valence-electron chi connectivity index (χ3n) is 1.31. The van der Waals surface area contributed by atoms with Crippen molar-refractivity contribution in [1.29, 1.82) is 0 Å². The molecule has 3 heteroatoms. The van der Waals surface area contributed by atoms with Crippen molar-refractivity contribution in [3.8, 4) is 0 Å². The summed E-state index contributed by atoms with van der Waals surface area (Å²) in [6.07, 6.45) is 0.421. The van der Waals surface area contributed by atoms with Gasteiger partial charge in [0.25, 0.3) is 0 Å². The SMILES string of the molecule is C=C[C@@H](C)[C@H](O)C(=O)OC. The summed E-state index contributed by atoms with van der Waals surface area (Å²) in [6, 6.07) is 0. The van der Waals surface area contributed by atoms with Crippen LogP contribution in [-0.2, 0) is 9.53 Å². The zero-order valence-electron chi connectivity index (χ0n) is 6.20. The fraction of sp³-hybridized carbons (Fsp3) is 0.571. The van der Waals surface area contributed by atoms with Crippen molar-refractivity contribution in [2.45, 2.75) is 13.0 Å². The quantitative estimate of drug-likeness (QED) is 0.459. The normalized spacial score (nSPS) is 15.5. The average Bonchev–Trinajstić information content (AvgIpc) is 2.00. The Morgan fingerprint density at radius 2 is 2.30 bits per heavy atom. The summed E-state index contributed by atoms with van der Waals surface area (Å²) in [7, 11) is 1.24. The summed E-state index contributed by atoms with van der Waals surface area (Å²) in [5, 5.41) is 9.04. The van der Waals surface area contributed by atoms with Crippen LogP contribution in [-0.4, -0.2) is 24.3 Å². The van der Waals surface area contributed by atoms with Crippen LogP contribution in [0.15, 0.2) is 12.7 Å². The number of aliphatic hydroxyl groups excluding tert-OH is 1. The molecule has 0 aliphatic carbocycles. The van der Waals surface area contributed by atoms with Gasteiger partial charge in [-0.3, -0.25) is 0 Å². The first-order chi connectivity index (χ1) is 4.63. The van der Waals surface area contributed by atoms with E-state index in [4.69, 9.17) is 5.11 Å². The predicted molar refractivity (Wildman–Crippen MR) is 37.4 cm³/mol. The summed E-state index contributed by atoms with van der Waals surface area (Å²) < 4.78 is 4.30. The second kappa shape index (κ2) is 4.06. The first kappa shape index (κ1) is 9.17. The van der Waals surface area contributed by atoms with Gasteiger partial charge in [0.15, 0.2) is 6.10 Å². The Morgan fingerprint density at radius 3 is 2.60 bits per heavy atom. The van der Waals surface area contributed by atoms with Gasteiger partial charge in [-0.1, -0.05) is 13.0 Å². The molecule has 0 aromatic rings. The number of hydrogen-bond acceptors (Lipinski definition) is 3. The van der Waals surface area contributed by atoms with Crippen LogP contribution in [0, 0.1) is 5.92 Å². The predicted octanol–water partition coefficient (Wildman–Crippen LogP) is 0.342. The van der Waals surface area contributed by atoms with E-state index in [1.54, 1.807) is 6.92 Å². The highest BCUT2D eigenvalue weighted by Gasteiger charge is 2.19. The minimum Gasteiger partial charge on any atom is -0.467 e. The molecular formula is C7H12O3. The number of hydrogen-bond donors (Lipinski definition) is 1. The Balaban J connectivity index is 3.93. The van der Waals surface area contributed by atoms with Gasteiger partial charge in [0.1, 0.15) is 0 Å². The molecular weight excluding hydrogens is 132 g/mol. The van der Waals surface area contributed by atoms with Gasteiger partial charge >= 0.3 is 5.97 Å². The van der Waals surface area contributed by atoms with Gasteiger partial charge in [-0.15, -0.1) is 6.58 Å². The van der Waals surface area contributed by atoms with Crippen molar-refractivity contribution in [1.82, 2.24) is 0 Å². The lowest BCUT2D eigenvalue weighted by atomic mass is 10.1. The van der Waals surface area contributed by atoms with Crippen molar-refractivity contribution < 1.29 is 14.6 Å². The summed E-state index contributed by atoms with van der Waals surface area (Å²) in [6.45, 7) is 5.12. The fourth-order valence-corrected chi connectivity index (χ4v) is 0.464. The Labute approximate surface area is 60.3 Å². The monoisotopic (exact) mass is 144 g/mol. The van der Waals surface area contributed by atoms with E-state index in [2.05, 4.69) is 11.3 Å². The van der Waals surface area contributed by atoms with Crippen LogP contribution >= 0.6 is 0 Å². The van der Waals surface area contributed by atoms with Crippen LogP contribution in [0.3, 0.4) is 0 Å². The van der Waals surface area contributed by atoms with Crippen LogP contribution < -0.4 is 0 Å². The van der Waals surface area contributed by atoms with Crippen LogP contribution in [0.4, 0.5) is 0 Å². The fourth-order valence-electron chi connectivity index (χ4n) is 0.464. The van der Waals surface area contributed by atoms with Gasteiger partial charge < -0.3 is 9.84 Å². The molecule has 1 N–H and O–H groups in total. The second-order valence-electron chi connectivity index (χ2n) is 2.06. The number of carbonyl (C=O) groups excluding carboxylic acids is 1. The molecule has 0 rings (SSSR count). The van der Waals surface area contributed by atoms with Crippen LogP contribution in [0.25, 0.3) is 0 Å². The minimum atomic E-state index is -1.08. The second-order valence-corrected chi connectivity index (χ2v) is 2.06. The van der Waals surface area contributed by atoms with Crippen molar-refractivity contribution in [2.75, 3.05) is 7.11 Å². The number of esters is 1. The molecule has 0 heterocycles. The van der Waals surface area contributed by atoms with Crippen molar-refractivity contribution in [2.24, 2.45) is 5.92 Å². The van der Waals surface area contributed by atoms with E-state index in [0.717, 1.165) is 0 Å². The molecule has 3 nitrogen and oxygen atoms in total. The van der Waals surface area contributed by atoms with E-state index in [0.29, 0.717) is 0 Å². The van der Waals surface area contributed by atoms with E-state index in [1.165, 1.54) is 13.2 Å². The van der Waals surface area contributed by atoms with E-state index >= 15 is 0 Å². The number of ether oxygens (including phenoxy) is 1. The van der Waals surface area contributed by atoms with Crippen LogP contribution in [0.2, 0.25) is 0 Å². The molecule has 0 bridgehead atoms. The van der Waals surface area contributed by atoms with Gasteiger partial charge in [0.2, 0.25) is 0 Å². The highest BCUT2D eigenvalue weighted by molar-refractivity contribution is 5.74. The Bertz CT molecular complexity index is 131. The zero-order chi connectivity index (χ0) is 8.15. The first-order valence-corrected chi connectivity index (χ1v) is 3.02. The number of methoxy groups -OCH3 is 1. The molecule has 0 aromatic carbocycles. The van der Waals surface area contributed by atoms with E-state index in [1.807, 2.05) is 0 Å². The minimum absolute atomic E-state index is 0.257. The highest BCUT2D eigenvalue weighted by Crippen LogP contribution is 2.04. The van der Waals surface area contributed by atoms with Crippen molar-refractivity contribution in [3.05, 3.63) is 12.7 Å². The number of carbonyl (C=O) groups is 1. The molecule has 0 aromatic heterocycles. The maximum absolute atomic E-state index is 10.6. The lowest BCUT2D eigenvalue weighted by Crippen LogP contribution is -2.27. The molecule has 0 amide bonds. The highest BCUT2D eigenvalue weighted by atomic mass is 16.5. The largest absolute Gasteiger partial charge is 0.467 e. The summed E-state index contributed by atoms with van der Waals surface area (Å²) >= 11 is 0. The van der Waals surface area contributed by atoms with Crippen LogP contribution in [0.5, 0.6) is 0 Å². The Morgan fingerprint density at radius 1 is 1.80 bits per heavy atom. The zero-order valence-corrected chi connectivity index (χ0v) is 6.20. The Hall–Kier alpha value is -0.830. The first-order valence-electron chi connectivity index (χ1n) is 3.02. The van der Waals surface area contributed by atoms with Gasteiger partial charge in [-0.05, 0) is 0 Å². The smallest absolute Gasteiger partial charge is 0.335 e. The topological polar surface area (TPSA) is 46.5 Å². The van der Waals surface area contributed by atoms with Gasteiger partial charge in [-0.25, -0.2) is 4.79 Å². The average molecular weight is 144 g/mol. The lowest BCUT2D eigenvalue weighted by molar-refractivity contribution is -0.152. The molecule has 0 saturated carbocycles. The lowest BCUT2D eigenvalue weighted by Gasteiger charge is -2.11. The van der Waals surface area contributed by atoms with Crippen molar-refractivity contribution >= 4 is 5.97 Å². The van der Waals surface area contributed by atoms with Crippen LogP contribution in [0.1, 0.15) is 6.92 Å². The maximum Gasteiger partial charge on any atom is 0.335 e. The molecule has 0 aliphatic rings. The molecule has 0 saturated heterocycles. The van der Waals surface area contributed by atoms with E-state index in [-0.39, 0.29) is 5.92 Å². The molecule has 10 heavy (non-hydrogen) atoms. The van der Waals surface area contributed by atoms with Gasteiger partial charge in [0.05, 0.1) is 7.11 Å². The third-order valence-corrected chi connectivity index (χ3v) is 1.31. The number of aliphatic hydroxyl groups is 1. The summed E-state index contributed by atoms with van der Waals surface area (Å²) in [5.74, 6) is -0.875. The van der Waals surface area contributed by atoms with Gasteiger partial charge in [-0.2, -0.15) is 0 Å². The van der Waals surface area contributed by atoms with E-state index < -0.39 is 12.1 Å². The standard InChI is InChI=1S/C7H12O3/c1-4-5(2)6(8)7(9)10-3/h4-6,8H,1H2,2-3H3/t5-,6+/m1/s1. The maximum atomic E-state index is 10.6.